The molecule has 1 atom stereocenters. The Hall–Kier alpha value is -1.39. The number of fused-ring (bicyclic) bond motifs is 1. The van der Waals surface area contributed by atoms with Gasteiger partial charge in [0.2, 0.25) is 5.91 Å². The number of amides is 1. The topological polar surface area (TPSA) is 33.2 Å². The largest absolute Gasteiger partial charge is 0.312 e. The standard InChI is InChI=1S/C13H11ClN2OS/c1-2-8-5-12(17)16(7-8)9-3-4-11-10(6-9)15-13(14)18-11/h2-4,6,8H,1,5,7H2. The smallest absolute Gasteiger partial charge is 0.227 e. The number of benzene rings is 1. The number of halogens is 1. The van der Waals surface area contributed by atoms with Crippen molar-refractivity contribution < 1.29 is 4.79 Å². The molecule has 3 rings (SSSR count). The summed E-state index contributed by atoms with van der Waals surface area (Å²) in [6, 6.07) is 5.82. The second kappa shape index (κ2) is 4.37. The van der Waals surface area contributed by atoms with Gasteiger partial charge in [0.25, 0.3) is 0 Å². The Morgan fingerprint density at radius 1 is 1.56 bits per heavy atom. The molecule has 1 saturated heterocycles. The van der Waals surface area contributed by atoms with Gasteiger partial charge in [-0.3, -0.25) is 4.79 Å². The molecule has 1 aliphatic rings. The zero-order valence-corrected chi connectivity index (χ0v) is 11.2. The molecule has 0 aliphatic carbocycles. The first-order chi connectivity index (χ1) is 8.67. The van der Waals surface area contributed by atoms with Crippen LogP contribution in [-0.2, 0) is 4.79 Å². The van der Waals surface area contributed by atoms with Gasteiger partial charge < -0.3 is 4.90 Å². The Morgan fingerprint density at radius 2 is 2.39 bits per heavy atom. The van der Waals surface area contributed by atoms with Gasteiger partial charge >= 0.3 is 0 Å². The van der Waals surface area contributed by atoms with Gasteiger partial charge in [0.15, 0.2) is 4.47 Å². The summed E-state index contributed by atoms with van der Waals surface area (Å²) in [6.45, 7) is 4.45. The van der Waals surface area contributed by atoms with Crippen molar-refractivity contribution in [3.8, 4) is 0 Å². The molecule has 5 heteroatoms. The van der Waals surface area contributed by atoms with Gasteiger partial charge in [0.1, 0.15) is 0 Å². The van der Waals surface area contributed by atoms with Gasteiger partial charge in [-0.1, -0.05) is 17.7 Å². The number of rotatable bonds is 2. The Bertz CT molecular complexity index is 637. The minimum atomic E-state index is 0.139. The molecule has 1 aliphatic heterocycles. The number of thiazole rings is 1. The third-order valence-corrected chi connectivity index (χ3v) is 4.29. The molecule has 1 amide bonds. The third kappa shape index (κ3) is 1.91. The zero-order valence-electron chi connectivity index (χ0n) is 9.60. The highest BCUT2D eigenvalue weighted by Gasteiger charge is 2.28. The van der Waals surface area contributed by atoms with Crippen LogP contribution in [0.4, 0.5) is 5.69 Å². The van der Waals surface area contributed by atoms with Gasteiger partial charge in [-0.2, -0.15) is 0 Å². The van der Waals surface area contributed by atoms with Crippen LogP contribution in [0.3, 0.4) is 0 Å². The predicted molar refractivity (Wildman–Crippen MR) is 75.3 cm³/mol. The average molecular weight is 279 g/mol. The summed E-state index contributed by atoms with van der Waals surface area (Å²) in [7, 11) is 0. The quantitative estimate of drug-likeness (QED) is 0.788. The summed E-state index contributed by atoms with van der Waals surface area (Å²) in [4.78, 5) is 17.9. The van der Waals surface area contributed by atoms with E-state index in [9.17, 15) is 4.79 Å². The number of carbonyl (C=O) groups excluding carboxylic acids is 1. The Morgan fingerprint density at radius 3 is 3.11 bits per heavy atom. The number of hydrogen-bond donors (Lipinski definition) is 0. The maximum atomic E-state index is 11.9. The Balaban J connectivity index is 1.99. The molecular formula is C13H11ClN2OS. The first-order valence-corrected chi connectivity index (χ1v) is 6.86. The molecule has 92 valence electrons. The van der Waals surface area contributed by atoms with E-state index in [1.165, 1.54) is 11.3 Å². The SMILES string of the molecule is C=CC1CC(=O)N(c2ccc3sc(Cl)nc3c2)C1. The van der Waals surface area contributed by atoms with Crippen molar-refractivity contribution in [1.82, 2.24) is 4.98 Å². The minimum absolute atomic E-state index is 0.139. The molecule has 1 fully saturated rings. The van der Waals surface area contributed by atoms with Crippen LogP contribution in [0.1, 0.15) is 6.42 Å². The predicted octanol–water partition coefficient (Wildman–Crippen LogP) is 3.49. The van der Waals surface area contributed by atoms with Crippen LogP contribution < -0.4 is 4.90 Å². The lowest BCUT2D eigenvalue weighted by molar-refractivity contribution is -0.117. The molecule has 0 spiro atoms. The van der Waals surface area contributed by atoms with Crippen molar-refractivity contribution >= 4 is 44.7 Å². The van der Waals surface area contributed by atoms with Crippen molar-refractivity contribution in [3.05, 3.63) is 35.3 Å². The van der Waals surface area contributed by atoms with Crippen LogP contribution in [0.5, 0.6) is 0 Å². The third-order valence-electron chi connectivity index (χ3n) is 3.15. The van der Waals surface area contributed by atoms with Crippen molar-refractivity contribution in [2.45, 2.75) is 6.42 Å². The molecule has 2 aromatic rings. The monoisotopic (exact) mass is 278 g/mol. The summed E-state index contributed by atoms with van der Waals surface area (Å²) < 4.78 is 1.56. The van der Waals surface area contributed by atoms with Crippen molar-refractivity contribution in [1.29, 1.82) is 0 Å². The fraction of sp³-hybridized carbons (Fsp3) is 0.231. The van der Waals surface area contributed by atoms with E-state index in [4.69, 9.17) is 11.6 Å². The Labute approximate surface area is 114 Å². The van der Waals surface area contributed by atoms with Crippen molar-refractivity contribution in [2.24, 2.45) is 5.92 Å². The molecule has 0 bridgehead atoms. The van der Waals surface area contributed by atoms with Crippen LogP contribution in [0.2, 0.25) is 4.47 Å². The molecule has 0 N–H and O–H groups in total. The lowest BCUT2D eigenvalue weighted by Crippen LogP contribution is -2.24. The lowest BCUT2D eigenvalue weighted by atomic mass is 10.1. The molecule has 18 heavy (non-hydrogen) atoms. The van der Waals surface area contributed by atoms with Gasteiger partial charge in [-0.25, -0.2) is 4.98 Å². The highest BCUT2D eigenvalue weighted by molar-refractivity contribution is 7.22. The van der Waals surface area contributed by atoms with Crippen LogP contribution in [0, 0.1) is 5.92 Å². The molecule has 0 saturated carbocycles. The lowest BCUT2D eigenvalue weighted by Gasteiger charge is -2.15. The second-order valence-corrected chi connectivity index (χ2v) is 5.94. The normalized spacial score (nSPS) is 19.7. The first-order valence-electron chi connectivity index (χ1n) is 5.66. The minimum Gasteiger partial charge on any atom is -0.312 e. The van der Waals surface area contributed by atoms with Crippen molar-refractivity contribution in [3.63, 3.8) is 0 Å². The van der Waals surface area contributed by atoms with Crippen LogP contribution in [-0.4, -0.2) is 17.4 Å². The number of aromatic nitrogens is 1. The fourth-order valence-electron chi connectivity index (χ4n) is 2.20. The summed E-state index contributed by atoms with van der Waals surface area (Å²) in [5.74, 6) is 0.382. The summed E-state index contributed by atoms with van der Waals surface area (Å²) in [6.07, 6.45) is 2.38. The van der Waals surface area contributed by atoms with E-state index in [0.29, 0.717) is 17.4 Å². The van der Waals surface area contributed by atoms with Gasteiger partial charge in [0, 0.05) is 24.6 Å². The van der Waals surface area contributed by atoms with E-state index in [1.54, 1.807) is 4.90 Å². The Kier molecular flexibility index (Phi) is 2.84. The van der Waals surface area contributed by atoms with E-state index in [0.717, 1.165) is 15.9 Å². The number of hydrogen-bond acceptors (Lipinski definition) is 3. The van der Waals surface area contributed by atoms with Gasteiger partial charge in [-0.15, -0.1) is 17.9 Å². The van der Waals surface area contributed by atoms with E-state index in [1.807, 2.05) is 24.3 Å². The van der Waals surface area contributed by atoms with Gasteiger partial charge in [0.05, 0.1) is 10.2 Å². The first kappa shape index (κ1) is 11.7. The highest BCUT2D eigenvalue weighted by Crippen LogP contribution is 2.31. The van der Waals surface area contributed by atoms with E-state index in [2.05, 4.69) is 11.6 Å². The summed E-state index contributed by atoms with van der Waals surface area (Å²) >= 11 is 7.33. The molecular weight excluding hydrogens is 268 g/mol. The van der Waals surface area contributed by atoms with E-state index < -0.39 is 0 Å². The zero-order chi connectivity index (χ0) is 12.7. The van der Waals surface area contributed by atoms with Crippen molar-refractivity contribution in [2.75, 3.05) is 11.4 Å². The second-order valence-electron chi connectivity index (χ2n) is 4.32. The molecule has 1 unspecified atom stereocenters. The van der Waals surface area contributed by atoms with Crippen LogP contribution >= 0.6 is 22.9 Å². The van der Waals surface area contributed by atoms with Gasteiger partial charge in [-0.05, 0) is 18.2 Å². The number of nitrogens with zero attached hydrogens (tertiary/aromatic N) is 2. The summed E-state index contributed by atoms with van der Waals surface area (Å²) in [5, 5.41) is 0. The van der Waals surface area contributed by atoms with E-state index in [-0.39, 0.29) is 11.8 Å². The van der Waals surface area contributed by atoms with Crippen LogP contribution in [0.25, 0.3) is 10.2 Å². The molecule has 3 nitrogen and oxygen atoms in total. The average Bonchev–Trinajstić information content (AvgIpc) is 2.89. The van der Waals surface area contributed by atoms with E-state index >= 15 is 0 Å². The highest BCUT2D eigenvalue weighted by atomic mass is 35.5. The fourth-order valence-corrected chi connectivity index (χ4v) is 3.21. The number of anilines is 1. The van der Waals surface area contributed by atoms with Crippen LogP contribution in [0.15, 0.2) is 30.9 Å². The maximum absolute atomic E-state index is 11.9. The molecule has 2 heterocycles. The molecule has 1 aromatic heterocycles. The number of carbonyl (C=O) groups is 1. The maximum Gasteiger partial charge on any atom is 0.227 e. The molecule has 1 aromatic carbocycles. The summed E-state index contributed by atoms with van der Waals surface area (Å²) in [5.41, 5.74) is 1.73. The molecule has 0 radical (unpaired) electrons.